The van der Waals surface area contributed by atoms with Crippen molar-refractivity contribution in [3.05, 3.63) is 102 Å². The zero-order chi connectivity index (χ0) is 16.1. The maximum Gasteiger partial charge on any atom is 0.281 e. The molecule has 3 aromatic rings. The van der Waals surface area contributed by atoms with Gasteiger partial charge in [-0.1, -0.05) is 91.0 Å². The van der Waals surface area contributed by atoms with Crippen molar-refractivity contribution in [3.8, 4) is 0 Å². The fourth-order valence-electron chi connectivity index (χ4n) is 2.86. The average molecular weight is 357 g/mol. The molecule has 3 heteroatoms. The summed E-state index contributed by atoms with van der Waals surface area (Å²) in [6.07, 6.45) is 0. The molecule has 0 aliphatic rings. The average Bonchev–Trinajstić information content (AvgIpc) is 2.62. The van der Waals surface area contributed by atoms with E-state index in [1.165, 1.54) is 11.1 Å². The van der Waals surface area contributed by atoms with Gasteiger partial charge in [-0.3, -0.25) is 0 Å². The predicted molar refractivity (Wildman–Crippen MR) is 103 cm³/mol. The summed E-state index contributed by atoms with van der Waals surface area (Å²) >= 11 is 13.7. The molecule has 0 spiro atoms. The van der Waals surface area contributed by atoms with Crippen LogP contribution in [-0.4, -0.2) is 6.69 Å². The van der Waals surface area contributed by atoms with Gasteiger partial charge < -0.3 is 0 Å². The predicted octanol–water partition coefficient (Wildman–Crippen LogP) is 5.65. The zero-order valence-corrected chi connectivity index (χ0v) is 15.2. The van der Waals surface area contributed by atoms with Gasteiger partial charge in [0.05, 0.1) is 0 Å². The topological polar surface area (TPSA) is 0 Å². The van der Waals surface area contributed by atoms with Crippen LogP contribution in [0.25, 0.3) is 0 Å². The smallest absolute Gasteiger partial charge is 0.140 e. The Morgan fingerprint density at radius 3 is 1.43 bits per heavy atom. The van der Waals surface area contributed by atoms with Crippen LogP contribution in [0.1, 0.15) is 17.0 Å². The Kier molecular flexibility index (Phi) is 5.22. The second-order valence-corrected chi connectivity index (χ2v) is 12.5. The van der Waals surface area contributed by atoms with Gasteiger partial charge in [0.2, 0.25) is 0 Å². The van der Waals surface area contributed by atoms with E-state index >= 15 is 0 Å². The molecular formula is C20H18Cl2Si. The molecule has 0 aliphatic heterocycles. The number of benzene rings is 3. The van der Waals surface area contributed by atoms with E-state index in [2.05, 4.69) is 48.5 Å². The molecular weight excluding hydrogens is 339 g/mol. The van der Waals surface area contributed by atoms with Gasteiger partial charge >= 0.3 is 0 Å². The summed E-state index contributed by atoms with van der Waals surface area (Å²) in [4.78, 5) is 0. The van der Waals surface area contributed by atoms with E-state index in [0.29, 0.717) is 0 Å². The Morgan fingerprint density at radius 1 is 0.609 bits per heavy atom. The summed E-state index contributed by atoms with van der Waals surface area (Å²) in [7, 11) is 0. The highest BCUT2D eigenvalue weighted by atomic mass is 35.7. The normalized spacial score (nSPS) is 11.6. The van der Waals surface area contributed by atoms with Crippen molar-refractivity contribution in [2.24, 2.45) is 0 Å². The monoisotopic (exact) mass is 356 g/mol. The molecule has 23 heavy (non-hydrogen) atoms. The summed E-state index contributed by atoms with van der Waals surface area (Å²) in [6.45, 7) is -2.56. The van der Waals surface area contributed by atoms with E-state index in [1.807, 2.05) is 42.5 Å². The highest BCUT2D eigenvalue weighted by Crippen LogP contribution is 2.36. The second kappa shape index (κ2) is 7.35. The quantitative estimate of drug-likeness (QED) is 0.409. The minimum atomic E-state index is -2.56. The van der Waals surface area contributed by atoms with Crippen molar-refractivity contribution in [1.82, 2.24) is 0 Å². The molecule has 0 heterocycles. The van der Waals surface area contributed by atoms with Gasteiger partial charge in [-0.15, -0.1) is 22.2 Å². The molecule has 0 bridgehead atoms. The third kappa shape index (κ3) is 4.05. The molecule has 0 N–H and O–H groups in total. The van der Waals surface area contributed by atoms with Crippen LogP contribution in [0.15, 0.2) is 91.0 Å². The van der Waals surface area contributed by atoms with Crippen molar-refractivity contribution in [3.63, 3.8) is 0 Å². The summed E-state index contributed by atoms with van der Waals surface area (Å²) in [6, 6.07) is 31.8. The first kappa shape index (κ1) is 16.3. The molecule has 0 aliphatic carbocycles. The van der Waals surface area contributed by atoms with Crippen LogP contribution in [-0.2, 0) is 0 Å². The molecule has 0 saturated heterocycles. The highest BCUT2D eigenvalue weighted by Gasteiger charge is 2.35. The number of halogens is 2. The minimum absolute atomic E-state index is 0.208. The molecule has 0 fully saturated rings. The van der Waals surface area contributed by atoms with E-state index < -0.39 is 6.69 Å². The van der Waals surface area contributed by atoms with E-state index in [0.717, 1.165) is 11.2 Å². The lowest BCUT2D eigenvalue weighted by Gasteiger charge is -2.25. The Hall–Kier alpha value is -1.54. The number of hydrogen-bond acceptors (Lipinski definition) is 0. The van der Waals surface area contributed by atoms with Crippen molar-refractivity contribution in [2.75, 3.05) is 0 Å². The maximum absolute atomic E-state index is 6.86. The van der Waals surface area contributed by atoms with Crippen LogP contribution in [0.2, 0.25) is 6.04 Å². The zero-order valence-electron chi connectivity index (χ0n) is 12.7. The molecule has 3 aromatic carbocycles. The summed E-state index contributed by atoms with van der Waals surface area (Å²) < 4.78 is 0. The molecule has 3 rings (SSSR count). The van der Waals surface area contributed by atoms with Crippen LogP contribution in [0.3, 0.4) is 0 Å². The molecule has 0 atom stereocenters. The van der Waals surface area contributed by atoms with Crippen LogP contribution in [0.5, 0.6) is 0 Å². The fraction of sp³-hybridized carbons (Fsp3) is 0.100. The molecule has 0 saturated carbocycles. The van der Waals surface area contributed by atoms with Gasteiger partial charge in [0.15, 0.2) is 0 Å². The lowest BCUT2D eigenvalue weighted by molar-refractivity contribution is 0.911. The van der Waals surface area contributed by atoms with Crippen LogP contribution in [0.4, 0.5) is 0 Å². The largest absolute Gasteiger partial charge is 0.281 e. The Balaban J connectivity index is 1.97. The van der Waals surface area contributed by atoms with Crippen LogP contribution in [0, 0.1) is 0 Å². The lowest BCUT2D eigenvalue weighted by atomic mass is 9.93. The van der Waals surface area contributed by atoms with E-state index in [-0.39, 0.29) is 5.92 Å². The van der Waals surface area contributed by atoms with Crippen molar-refractivity contribution < 1.29 is 0 Å². The van der Waals surface area contributed by atoms with Gasteiger partial charge in [0.25, 0.3) is 6.69 Å². The van der Waals surface area contributed by atoms with Crippen molar-refractivity contribution >= 4 is 34.0 Å². The maximum atomic E-state index is 6.86. The van der Waals surface area contributed by atoms with E-state index in [1.54, 1.807) is 0 Å². The van der Waals surface area contributed by atoms with Crippen molar-refractivity contribution in [1.29, 1.82) is 0 Å². The van der Waals surface area contributed by atoms with E-state index in [4.69, 9.17) is 22.2 Å². The molecule has 0 radical (unpaired) electrons. The molecule has 0 unspecified atom stereocenters. The van der Waals surface area contributed by atoms with Crippen molar-refractivity contribution in [2.45, 2.75) is 12.0 Å². The molecule has 0 nitrogen and oxygen atoms in total. The first-order chi connectivity index (χ1) is 11.2. The number of rotatable bonds is 5. The van der Waals surface area contributed by atoms with Gasteiger partial charge in [-0.25, -0.2) is 0 Å². The second-order valence-electron chi connectivity index (χ2n) is 5.65. The molecule has 0 aromatic heterocycles. The standard InChI is InChI=1S/C20H18Cl2Si/c21-23(22,19-14-8-3-9-15-19)16-20(17-10-4-1-5-11-17)18-12-6-2-7-13-18/h1-15,20H,16H2. The Labute approximate surface area is 148 Å². The minimum Gasteiger partial charge on any atom is -0.140 e. The van der Waals surface area contributed by atoms with Gasteiger partial charge in [0.1, 0.15) is 0 Å². The highest BCUT2D eigenvalue weighted by molar-refractivity contribution is 7.51. The fourth-order valence-corrected chi connectivity index (χ4v) is 6.44. The van der Waals surface area contributed by atoms with E-state index in [9.17, 15) is 0 Å². The molecule has 0 amide bonds. The number of hydrogen-bond donors (Lipinski definition) is 0. The van der Waals surface area contributed by atoms with Crippen LogP contribution < -0.4 is 5.19 Å². The van der Waals surface area contributed by atoms with Gasteiger partial charge in [-0.05, 0) is 22.4 Å². The Bertz CT molecular complexity index is 688. The summed E-state index contributed by atoms with van der Waals surface area (Å²) in [5.41, 5.74) is 2.51. The molecule has 116 valence electrons. The third-order valence-electron chi connectivity index (χ3n) is 4.06. The first-order valence-corrected chi connectivity index (χ1v) is 11.9. The third-order valence-corrected chi connectivity index (χ3v) is 8.39. The first-order valence-electron chi connectivity index (χ1n) is 7.70. The van der Waals surface area contributed by atoms with Crippen LogP contribution >= 0.6 is 22.2 Å². The summed E-state index contributed by atoms with van der Waals surface area (Å²) in [5.74, 6) is 0.208. The lowest BCUT2D eigenvalue weighted by Crippen LogP contribution is -2.37. The summed E-state index contributed by atoms with van der Waals surface area (Å²) in [5, 5.41) is 1.07. The van der Waals surface area contributed by atoms with Gasteiger partial charge in [0, 0.05) is 5.92 Å². The Morgan fingerprint density at radius 2 is 1.00 bits per heavy atom. The van der Waals surface area contributed by atoms with Gasteiger partial charge in [-0.2, -0.15) is 0 Å². The SMILES string of the molecule is Cl[Si](Cl)(CC(c1ccccc1)c1ccccc1)c1ccccc1.